The van der Waals surface area contributed by atoms with Gasteiger partial charge in [-0.2, -0.15) is 4.31 Å². The number of rotatable bonds is 10. The number of hydrogen-bond acceptors (Lipinski definition) is 4. The largest absolute Gasteiger partial charge is 0.497 e. The van der Waals surface area contributed by atoms with Crippen LogP contribution in [-0.2, 0) is 21.4 Å². The summed E-state index contributed by atoms with van der Waals surface area (Å²) in [6, 6.07) is 7.21. The summed E-state index contributed by atoms with van der Waals surface area (Å²) in [5.74, 6) is 1.11. The lowest BCUT2D eigenvalue weighted by molar-refractivity contribution is -0.121. The first-order valence-corrected chi connectivity index (χ1v) is 9.92. The zero-order valence-corrected chi connectivity index (χ0v) is 15.7. The second-order valence-corrected chi connectivity index (χ2v) is 8.21. The summed E-state index contributed by atoms with van der Waals surface area (Å²) in [7, 11) is -1.81. The van der Waals surface area contributed by atoms with Crippen molar-refractivity contribution >= 4 is 15.9 Å². The second-order valence-electron chi connectivity index (χ2n) is 6.23. The molecule has 1 aromatic rings. The summed E-state index contributed by atoms with van der Waals surface area (Å²) in [5, 5.41) is 2.82. The van der Waals surface area contributed by atoms with Crippen molar-refractivity contribution in [1.82, 2.24) is 9.62 Å². The minimum Gasteiger partial charge on any atom is -0.497 e. The second kappa shape index (κ2) is 9.64. The highest BCUT2D eigenvalue weighted by atomic mass is 32.2. The number of nitrogens with one attached hydrogen (secondary N) is 1. The third kappa shape index (κ3) is 7.79. The molecule has 1 aromatic carbocycles. The van der Waals surface area contributed by atoms with Crippen molar-refractivity contribution in [2.75, 3.05) is 26.5 Å². The quantitative estimate of drug-likeness (QED) is 0.696. The van der Waals surface area contributed by atoms with Crippen molar-refractivity contribution < 1.29 is 17.9 Å². The van der Waals surface area contributed by atoms with E-state index in [1.165, 1.54) is 4.31 Å². The average molecular weight is 356 g/mol. The zero-order valence-electron chi connectivity index (χ0n) is 14.9. The average Bonchev–Trinajstić information content (AvgIpc) is 2.50. The van der Waals surface area contributed by atoms with E-state index in [1.54, 1.807) is 19.2 Å². The standard InChI is InChI=1S/C17H28N2O4S/c1-14(2)9-11-18-17(20)10-12-19(24(4,21)22)13-15-5-7-16(23-3)8-6-15/h5-8,14H,9-13H2,1-4H3,(H,18,20). The molecule has 0 aliphatic carbocycles. The predicted molar refractivity (Wildman–Crippen MR) is 95.3 cm³/mol. The van der Waals surface area contributed by atoms with Crippen LogP contribution in [0.2, 0.25) is 0 Å². The van der Waals surface area contributed by atoms with Crippen LogP contribution in [0.1, 0.15) is 32.3 Å². The van der Waals surface area contributed by atoms with Crippen LogP contribution in [0.15, 0.2) is 24.3 Å². The van der Waals surface area contributed by atoms with Gasteiger partial charge in [0.25, 0.3) is 0 Å². The summed E-state index contributed by atoms with van der Waals surface area (Å²) >= 11 is 0. The Morgan fingerprint density at radius 1 is 1.25 bits per heavy atom. The number of hydrogen-bond donors (Lipinski definition) is 1. The fourth-order valence-electron chi connectivity index (χ4n) is 2.11. The first-order valence-electron chi connectivity index (χ1n) is 8.07. The fraction of sp³-hybridized carbons (Fsp3) is 0.588. The lowest BCUT2D eigenvalue weighted by Gasteiger charge is -2.20. The number of nitrogens with zero attached hydrogens (tertiary/aromatic N) is 1. The number of carbonyl (C=O) groups excluding carboxylic acids is 1. The van der Waals surface area contributed by atoms with Gasteiger partial charge in [0.15, 0.2) is 0 Å². The van der Waals surface area contributed by atoms with Crippen LogP contribution in [0, 0.1) is 5.92 Å². The molecule has 0 aromatic heterocycles. The van der Waals surface area contributed by atoms with E-state index in [1.807, 2.05) is 12.1 Å². The van der Waals surface area contributed by atoms with Crippen molar-refractivity contribution in [2.45, 2.75) is 33.2 Å². The molecule has 6 nitrogen and oxygen atoms in total. The van der Waals surface area contributed by atoms with E-state index in [0.29, 0.717) is 18.2 Å². The van der Waals surface area contributed by atoms with Gasteiger partial charge in [0.2, 0.25) is 15.9 Å². The number of benzene rings is 1. The third-order valence-corrected chi connectivity index (χ3v) is 4.87. The summed E-state index contributed by atoms with van der Waals surface area (Å²) in [6.45, 7) is 5.20. The number of ether oxygens (including phenoxy) is 1. The molecule has 0 spiro atoms. The van der Waals surface area contributed by atoms with Gasteiger partial charge in [-0.25, -0.2) is 8.42 Å². The highest BCUT2D eigenvalue weighted by Crippen LogP contribution is 2.14. The molecule has 0 unspecified atom stereocenters. The Morgan fingerprint density at radius 3 is 2.38 bits per heavy atom. The highest BCUT2D eigenvalue weighted by Gasteiger charge is 2.18. The van der Waals surface area contributed by atoms with E-state index in [-0.39, 0.29) is 25.4 Å². The maximum atomic E-state index is 11.9. The highest BCUT2D eigenvalue weighted by molar-refractivity contribution is 7.88. The zero-order chi connectivity index (χ0) is 18.2. The molecule has 0 bridgehead atoms. The molecule has 0 atom stereocenters. The van der Waals surface area contributed by atoms with Crippen LogP contribution < -0.4 is 10.1 Å². The van der Waals surface area contributed by atoms with Gasteiger partial charge < -0.3 is 10.1 Å². The van der Waals surface area contributed by atoms with Crippen LogP contribution in [0.25, 0.3) is 0 Å². The number of methoxy groups -OCH3 is 1. The molecule has 0 aliphatic heterocycles. The topological polar surface area (TPSA) is 75.7 Å². The van der Waals surface area contributed by atoms with E-state index < -0.39 is 10.0 Å². The monoisotopic (exact) mass is 356 g/mol. The maximum absolute atomic E-state index is 11.9. The number of carbonyl (C=O) groups is 1. The SMILES string of the molecule is COc1ccc(CN(CCC(=O)NCCC(C)C)S(C)(=O)=O)cc1. The minimum atomic E-state index is -3.39. The summed E-state index contributed by atoms with van der Waals surface area (Å²) in [6.07, 6.45) is 2.22. The van der Waals surface area contributed by atoms with Gasteiger partial charge in [-0.3, -0.25) is 4.79 Å². The van der Waals surface area contributed by atoms with Crippen molar-refractivity contribution in [3.63, 3.8) is 0 Å². The van der Waals surface area contributed by atoms with E-state index in [9.17, 15) is 13.2 Å². The molecular weight excluding hydrogens is 328 g/mol. The molecule has 0 aliphatic rings. The molecule has 136 valence electrons. The van der Waals surface area contributed by atoms with Crippen LogP contribution in [0.4, 0.5) is 0 Å². The lowest BCUT2D eigenvalue weighted by Crippen LogP contribution is -2.34. The van der Waals surface area contributed by atoms with Crippen molar-refractivity contribution in [3.8, 4) is 5.75 Å². The van der Waals surface area contributed by atoms with Gasteiger partial charge in [-0.15, -0.1) is 0 Å². The van der Waals surface area contributed by atoms with Gasteiger partial charge in [0, 0.05) is 26.1 Å². The van der Waals surface area contributed by atoms with Crippen LogP contribution in [0.3, 0.4) is 0 Å². The van der Waals surface area contributed by atoms with Gasteiger partial charge >= 0.3 is 0 Å². The van der Waals surface area contributed by atoms with Crippen LogP contribution in [-0.4, -0.2) is 45.1 Å². The molecule has 7 heteroatoms. The molecule has 24 heavy (non-hydrogen) atoms. The molecule has 1 N–H and O–H groups in total. The van der Waals surface area contributed by atoms with Gasteiger partial charge in [-0.1, -0.05) is 26.0 Å². The van der Waals surface area contributed by atoms with Crippen molar-refractivity contribution in [2.24, 2.45) is 5.92 Å². The Hall–Kier alpha value is -1.60. The molecule has 0 heterocycles. The van der Waals surface area contributed by atoms with E-state index in [0.717, 1.165) is 18.2 Å². The number of sulfonamides is 1. The van der Waals surface area contributed by atoms with E-state index in [2.05, 4.69) is 19.2 Å². The van der Waals surface area contributed by atoms with Crippen LogP contribution >= 0.6 is 0 Å². The first kappa shape index (κ1) is 20.4. The van der Waals surface area contributed by atoms with Crippen molar-refractivity contribution in [1.29, 1.82) is 0 Å². The summed E-state index contributed by atoms with van der Waals surface area (Å²) < 4.78 is 30.3. The summed E-state index contributed by atoms with van der Waals surface area (Å²) in [5.41, 5.74) is 0.849. The van der Waals surface area contributed by atoms with Crippen LogP contribution in [0.5, 0.6) is 5.75 Å². The molecule has 0 fully saturated rings. The maximum Gasteiger partial charge on any atom is 0.221 e. The fourth-order valence-corrected chi connectivity index (χ4v) is 2.92. The lowest BCUT2D eigenvalue weighted by atomic mass is 10.1. The molecule has 0 radical (unpaired) electrons. The third-order valence-electron chi connectivity index (χ3n) is 3.62. The Morgan fingerprint density at radius 2 is 1.88 bits per heavy atom. The van der Waals surface area contributed by atoms with E-state index >= 15 is 0 Å². The smallest absolute Gasteiger partial charge is 0.221 e. The van der Waals surface area contributed by atoms with Gasteiger partial charge in [0.1, 0.15) is 5.75 Å². The number of amides is 1. The van der Waals surface area contributed by atoms with E-state index in [4.69, 9.17) is 4.74 Å². The van der Waals surface area contributed by atoms with Crippen molar-refractivity contribution in [3.05, 3.63) is 29.8 Å². The minimum absolute atomic E-state index is 0.126. The first-order chi connectivity index (χ1) is 11.2. The van der Waals surface area contributed by atoms with Gasteiger partial charge in [-0.05, 0) is 30.0 Å². The normalized spacial score (nSPS) is 11.8. The predicted octanol–water partition coefficient (Wildman–Crippen LogP) is 2.01. The molecule has 1 rings (SSSR count). The Labute approximate surface area is 145 Å². The molecular formula is C17H28N2O4S. The molecule has 1 amide bonds. The molecule has 0 saturated heterocycles. The molecule has 0 saturated carbocycles. The Bertz CT molecular complexity index is 612. The Balaban J connectivity index is 2.58. The summed E-state index contributed by atoms with van der Waals surface area (Å²) in [4.78, 5) is 11.8. The van der Waals surface area contributed by atoms with Gasteiger partial charge in [0.05, 0.1) is 13.4 Å². The Kier molecular flexibility index (Phi) is 8.21.